The molecule has 0 spiro atoms. The van der Waals surface area contributed by atoms with E-state index in [2.05, 4.69) is 17.0 Å². The third-order valence-electron chi connectivity index (χ3n) is 2.16. The molecule has 2 rings (SSSR count). The summed E-state index contributed by atoms with van der Waals surface area (Å²) in [7, 11) is 1.99. The standard InChI is InChI=1S/C9H11BClN3/c1-2-3-6-4-8(11)14-9(13-6)7(10)5-12-14/h4-5H,2-3,10H2,1H3. The van der Waals surface area contributed by atoms with Gasteiger partial charge in [0.25, 0.3) is 0 Å². The Labute approximate surface area is 88.5 Å². The minimum absolute atomic E-state index is 0.631. The van der Waals surface area contributed by atoms with Gasteiger partial charge in [-0.2, -0.15) is 5.10 Å². The lowest BCUT2D eigenvalue weighted by Gasteiger charge is -2.02. The fourth-order valence-corrected chi connectivity index (χ4v) is 1.72. The molecule has 0 aliphatic heterocycles. The Hall–Kier alpha value is -1.03. The summed E-state index contributed by atoms with van der Waals surface area (Å²) >= 11 is 6.07. The van der Waals surface area contributed by atoms with Crippen molar-refractivity contribution < 1.29 is 0 Å². The van der Waals surface area contributed by atoms with Crippen LogP contribution in [-0.4, -0.2) is 22.4 Å². The van der Waals surface area contributed by atoms with Crippen molar-refractivity contribution >= 4 is 30.6 Å². The highest BCUT2D eigenvalue weighted by atomic mass is 35.5. The molecule has 72 valence electrons. The van der Waals surface area contributed by atoms with Crippen molar-refractivity contribution in [3.05, 3.63) is 23.1 Å². The molecule has 0 aliphatic carbocycles. The maximum absolute atomic E-state index is 6.07. The maximum atomic E-state index is 6.07. The molecule has 0 unspecified atom stereocenters. The molecule has 0 atom stereocenters. The van der Waals surface area contributed by atoms with Gasteiger partial charge >= 0.3 is 0 Å². The Morgan fingerprint density at radius 1 is 1.57 bits per heavy atom. The molecule has 5 heteroatoms. The van der Waals surface area contributed by atoms with E-state index in [0.29, 0.717) is 5.15 Å². The molecule has 0 saturated carbocycles. The summed E-state index contributed by atoms with van der Waals surface area (Å²) in [5.74, 6) is 0. The van der Waals surface area contributed by atoms with Crippen LogP contribution < -0.4 is 5.46 Å². The first-order valence-electron chi connectivity index (χ1n) is 4.72. The molecule has 0 amide bonds. The summed E-state index contributed by atoms with van der Waals surface area (Å²) in [6.45, 7) is 2.13. The summed E-state index contributed by atoms with van der Waals surface area (Å²) in [4.78, 5) is 4.50. The van der Waals surface area contributed by atoms with Crippen molar-refractivity contribution in [1.29, 1.82) is 0 Å². The molecular weight excluding hydrogens is 196 g/mol. The van der Waals surface area contributed by atoms with Crippen LogP contribution in [0.5, 0.6) is 0 Å². The first-order valence-corrected chi connectivity index (χ1v) is 5.10. The van der Waals surface area contributed by atoms with Gasteiger partial charge in [-0.15, -0.1) is 0 Å². The molecule has 0 bridgehead atoms. The second kappa shape index (κ2) is 3.61. The summed E-state index contributed by atoms with van der Waals surface area (Å²) in [6, 6.07) is 1.88. The summed E-state index contributed by atoms with van der Waals surface area (Å²) < 4.78 is 1.66. The number of nitrogens with zero attached hydrogens (tertiary/aromatic N) is 3. The largest absolute Gasteiger partial charge is 0.234 e. The molecule has 2 heterocycles. The fraction of sp³-hybridized carbons (Fsp3) is 0.333. The fourth-order valence-electron chi connectivity index (χ4n) is 1.47. The van der Waals surface area contributed by atoms with Gasteiger partial charge in [-0.3, -0.25) is 0 Å². The molecule has 0 aromatic carbocycles. The number of hydrogen-bond acceptors (Lipinski definition) is 2. The average Bonchev–Trinajstić information content (AvgIpc) is 2.49. The van der Waals surface area contributed by atoms with Crippen LogP contribution in [0, 0.1) is 0 Å². The van der Waals surface area contributed by atoms with Crippen molar-refractivity contribution in [2.24, 2.45) is 0 Å². The summed E-state index contributed by atoms with van der Waals surface area (Å²) in [5, 5.41) is 4.77. The van der Waals surface area contributed by atoms with E-state index in [9.17, 15) is 0 Å². The van der Waals surface area contributed by atoms with Crippen molar-refractivity contribution in [2.75, 3.05) is 0 Å². The van der Waals surface area contributed by atoms with E-state index in [0.717, 1.165) is 29.6 Å². The van der Waals surface area contributed by atoms with E-state index in [-0.39, 0.29) is 0 Å². The molecule has 0 aliphatic rings. The molecule has 0 N–H and O–H groups in total. The minimum Gasteiger partial charge on any atom is -0.234 e. The van der Waals surface area contributed by atoms with Gasteiger partial charge < -0.3 is 0 Å². The van der Waals surface area contributed by atoms with Gasteiger partial charge in [0.15, 0.2) is 5.65 Å². The van der Waals surface area contributed by atoms with E-state index in [1.165, 1.54) is 0 Å². The summed E-state index contributed by atoms with van der Waals surface area (Å²) in [6.07, 6.45) is 3.82. The Morgan fingerprint density at radius 2 is 2.36 bits per heavy atom. The third-order valence-corrected chi connectivity index (χ3v) is 2.43. The Balaban J connectivity index is 2.63. The van der Waals surface area contributed by atoms with Gasteiger partial charge in [-0.25, -0.2) is 9.50 Å². The van der Waals surface area contributed by atoms with Crippen molar-refractivity contribution in [3.63, 3.8) is 0 Å². The topological polar surface area (TPSA) is 30.2 Å². The monoisotopic (exact) mass is 207 g/mol. The predicted molar refractivity (Wildman–Crippen MR) is 60.2 cm³/mol. The lowest BCUT2D eigenvalue weighted by Crippen LogP contribution is -2.05. The number of aryl methyl sites for hydroxylation is 1. The van der Waals surface area contributed by atoms with E-state index in [4.69, 9.17) is 11.6 Å². The molecule has 2 aromatic rings. The van der Waals surface area contributed by atoms with Crippen LogP contribution >= 0.6 is 11.6 Å². The smallest absolute Gasteiger partial charge is 0.150 e. The van der Waals surface area contributed by atoms with Gasteiger partial charge in [-0.05, 0) is 17.9 Å². The van der Waals surface area contributed by atoms with Crippen LogP contribution in [0.2, 0.25) is 5.15 Å². The highest BCUT2D eigenvalue weighted by Gasteiger charge is 2.06. The second-order valence-corrected chi connectivity index (χ2v) is 3.77. The number of halogens is 1. The van der Waals surface area contributed by atoms with Gasteiger partial charge in [-0.1, -0.05) is 24.9 Å². The predicted octanol–water partition coefficient (Wildman–Crippen LogP) is 0.594. The highest BCUT2D eigenvalue weighted by molar-refractivity contribution is 6.36. The third kappa shape index (κ3) is 1.50. The lowest BCUT2D eigenvalue weighted by molar-refractivity contribution is 0.859. The van der Waals surface area contributed by atoms with E-state index >= 15 is 0 Å². The molecule has 2 aromatic heterocycles. The zero-order chi connectivity index (χ0) is 10.1. The van der Waals surface area contributed by atoms with E-state index in [1.54, 1.807) is 10.7 Å². The zero-order valence-electron chi connectivity index (χ0n) is 8.29. The normalized spacial score (nSPS) is 11.0. The number of hydrogen-bond donors (Lipinski definition) is 0. The lowest BCUT2D eigenvalue weighted by atomic mass is 10.0. The van der Waals surface area contributed by atoms with Crippen LogP contribution in [0.4, 0.5) is 0 Å². The first-order chi connectivity index (χ1) is 6.72. The highest BCUT2D eigenvalue weighted by Crippen LogP contribution is 2.12. The minimum atomic E-state index is 0.631. The van der Waals surface area contributed by atoms with Crippen LogP contribution in [0.1, 0.15) is 19.0 Å². The average molecular weight is 207 g/mol. The first kappa shape index (κ1) is 9.53. The number of rotatable bonds is 2. The molecule has 3 nitrogen and oxygen atoms in total. The molecular formula is C9H11BClN3. The molecule has 0 saturated heterocycles. The SMILES string of the molecule is Bc1cnn2c(Cl)cc(CCC)nc12. The number of aromatic nitrogens is 3. The molecule has 0 fully saturated rings. The van der Waals surface area contributed by atoms with Gasteiger partial charge in [0.1, 0.15) is 13.0 Å². The van der Waals surface area contributed by atoms with Crippen LogP contribution in [0.15, 0.2) is 12.3 Å². The summed E-state index contributed by atoms with van der Waals surface area (Å²) in [5.41, 5.74) is 2.96. The quantitative estimate of drug-likeness (QED) is 0.533. The van der Waals surface area contributed by atoms with Crippen molar-refractivity contribution in [3.8, 4) is 0 Å². The molecule has 0 radical (unpaired) electrons. The van der Waals surface area contributed by atoms with Crippen molar-refractivity contribution in [2.45, 2.75) is 19.8 Å². The van der Waals surface area contributed by atoms with Crippen LogP contribution in [0.3, 0.4) is 0 Å². The van der Waals surface area contributed by atoms with Gasteiger partial charge in [0, 0.05) is 11.9 Å². The Morgan fingerprint density at radius 3 is 3.07 bits per heavy atom. The second-order valence-electron chi connectivity index (χ2n) is 3.38. The Kier molecular flexibility index (Phi) is 2.46. The van der Waals surface area contributed by atoms with E-state index < -0.39 is 0 Å². The zero-order valence-corrected chi connectivity index (χ0v) is 9.04. The number of fused-ring (bicyclic) bond motifs is 1. The van der Waals surface area contributed by atoms with Gasteiger partial charge in [0.2, 0.25) is 0 Å². The van der Waals surface area contributed by atoms with Crippen LogP contribution in [-0.2, 0) is 6.42 Å². The van der Waals surface area contributed by atoms with E-state index in [1.807, 2.05) is 13.9 Å². The van der Waals surface area contributed by atoms with Gasteiger partial charge in [0.05, 0.1) is 0 Å². The maximum Gasteiger partial charge on any atom is 0.150 e. The van der Waals surface area contributed by atoms with Crippen molar-refractivity contribution in [1.82, 2.24) is 14.6 Å². The van der Waals surface area contributed by atoms with Crippen LogP contribution in [0.25, 0.3) is 5.65 Å². The Bertz CT molecular complexity index is 466. The molecule has 14 heavy (non-hydrogen) atoms.